The zero-order valence-corrected chi connectivity index (χ0v) is 14.2. The van der Waals surface area contributed by atoms with E-state index in [1.54, 1.807) is 0 Å². The minimum atomic E-state index is -5.51. The number of esters is 1. The molecule has 0 atom stereocenters. The minimum Gasteiger partial charge on any atom is -0.456 e. The molecule has 0 heterocycles. The largest absolute Gasteiger partial charge is 0.488 e. The molecular formula is C12H14F2O7S2. The molecule has 1 aromatic rings. The van der Waals surface area contributed by atoms with E-state index in [2.05, 4.69) is 4.18 Å². The Hall–Kier alpha value is -1.75. The highest BCUT2D eigenvalue weighted by Gasteiger charge is 2.26. The molecule has 130 valence electrons. The lowest BCUT2D eigenvalue weighted by atomic mass is 10.1. The smallest absolute Gasteiger partial charge is 0.456 e. The van der Waals surface area contributed by atoms with Gasteiger partial charge in [-0.05, 0) is 39.8 Å². The van der Waals surface area contributed by atoms with E-state index in [1.165, 1.54) is 20.8 Å². The summed E-state index contributed by atoms with van der Waals surface area (Å²) >= 11 is 0. The Kier molecular flexibility index (Phi) is 5.07. The molecule has 0 fully saturated rings. The van der Waals surface area contributed by atoms with Gasteiger partial charge in [0.1, 0.15) is 16.2 Å². The third kappa shape index (κ3) is 5.75. The van der Waals surface area contributed by atoms with E-state index in [-0.39, 0.29) is 0 Å². The van der Waals surface area contributed by atoms with Crippen LogP contribution in [0.5, 0.6) is 5.75 Å². The van der Waals surface area contributed by atoms with Crippen molar-refractivity contribution in [3.63, 3.8) is 0 Å². The third-order valence-electron chi connectivity index (χ3n) is 2.40. The molecule has 0 aliphatic rings. The van der Waals surface area contributed by atoms with Crippen molar-refractivity contribution < 1.29 is 38.3 Å². The Morgan fingerprint density at radius 1 is 1.09 bits per heavy atom. The lowest BCUT2D eigenvalue weighted by molar-refractivity contribution is 0.00688. The van der Waals surface area contributed by atoms with Gasteiger partial charge in [-0.15, -0.1) is 3.89 Å². The van der Waals surface area contributed by atoms with E-state index < -0.39 is 54.1 Å². The van der Waals surface area contributed by atoms with Crippen molar-refractivity contribution in [2.24, 2.45) is 0 Å². The molecule has 0 bridgehead atoms. The van der Waals surface area contributed by atoms with Gasteiger partial charge in [0.05, 0.1) is 5.56 Å². The molecule has 7 nitrogen and oxygen atoms in total. The predicted octanol–water partition coefficient (Wildman–Crippen LogP) is 2.20. The highest BCUT2D eigenvalue weighted by molar-refractivity contribution is 7.86. The van der Waals surface area contributed by atoms with E-state index in [9.17, 15) is 29.4 Å². The lowest BCUT2D eigenvalue weighted by Gasteiger charge is -2.20. The number of halogens is 2. The average Bonchev–Trinajstić information content (AvgIpc) is 2.25. The Labute approximate surface area is 132 Å². The molecule has 0 N–H and O–H groups in total. The zero-order chi connectivity index (χ0) is 18.2. The van der Waals surface area contributed by atoms with Crippen LogP contribution in [0.4, 0.5) is 7.77 Å². The van der Waals surface area contributed by atoms with Gasteiger partial charge in [0, 0.05) is 5.56 Å². The summed E-state index contributed by atoms with van der Waals surface area (Å²) in [7, 11) is -10.8. The average molecular weight is 372 g/mol. The van der Waals surface area contributed by atoms with Crippen LogP contribution in [0.2, 0.25) is 0 Å². The van der Waals surface area contributed by atoms with Crippen LogP contribution in [-0.2, 0) is 25.5 Å². The van der Waals surface area contributed by atoms with Crippen molar-refractivity contribution in [2.45, 2.75) is 38.2 Å². The maximum absolute atomic E-state index is 13.3. The second-order valence-electron chi connectivity index (χ2n) is 5.51. The van der Waals surface area contributed by atoms with E-state index in [4.69, 9.17) is 4.74 Å². The quantitative estimate of drug-likeness (QED) is 0.589. The maximum atomic E-state index is 13.3. The van der Waals surface area contributed by atoms with E-state index in [1.807, 2.05) is 0 Å². The first-order chi connectivity index (χ1) is 10.1. The molecule has 11 heteroatoms. The molecule has 0 spiro atoms. The van der Waals surface area contributed by atoms with Crippen LogP contribution in [0.25, 0.3) is 0 Å². The second kappa shape index (κ2) is 6.04. The van der Waals surface area contributed by atoms with Gasteiger partial charge in [0.2, 0.25) is 0 Å². The molecule has 0 radical (unpaired) electrons. The van der Waals surface area contributed by atoms with Crippen LogP contribution < -0.4 is 4.18 Å². The van der Waals surface area contributed by atoms with Gasteiger partial charge in [-0.1, -0.05) is 3.89 Å². The van der Waals surface area contributed by atoms with Crippen molar-refractivity contribution in [1.82, 2.24) is 0 Å². The summed E-state index contributed by atoms with van der Waals surface area (Å²) in [5.74, 6) is -1.91. The zero-order valence-electron chi connectivity index (χ0n) is 12.6. The number of carbonyl (C=O) groups is 1. The Bertz CT molecular complexity index is 837. The summed E-state index contributed by atoms with van der Waals surface area (Å²) in [6.07, 6.45) is 0. The summed E-state index contributed by atoms with van der Waals surface area (Å²) < 4.78 is 78.3. The first-order valence-electron chi connectivity index (χ1n) is 6.07. The highest BCUT2D eigenvalue weighted by Crippen LogP contribution is 2.30. The molecule has 0 amide bonds. The van der Waals surface area contributed by atoms with Gasteiger partial charge in [-0.25, -0.2) is 4.79 Å². The number of hydrogen-bond donors (Lipinski definition) is 0. The van der Waals surface area contributed by atoms with Gasteiger partial charge in [-0.2, -0.15) is 16.8 Å². The maximum Gasteiger partial charge on any atom is 0.488 e. The molecular weight excluding hydrogens is 358 g/mol. The first-order valence-corrected chi connectivity index (χ1v) is 8.76. The highest BCUT2D eigenvalue weighted by atomic mass is 32.3. The molecule has 0 saturated heterocycles. The summed E-state index contributed by atoms with van der Waals surface area (Å²) in [5, 5.41) is 0. The normalized spacial score (nSPS) is 12.8. The fourth-order valence-electron chi connectivity index (χ4n) is 1.56. The number of ether oxygens (including phenoxy) is 1. The molecule has 0 aromatic heterocycles. The van der Waals surface area contributed by atoms with Gasteiger partial charge in [0.25, 0.3) is 0 Å². The summed E-state index contributed by atoms with van der Waals surface area (Å²) in [6.45, 7) is 5.56. The first kappa shape index (κ1) is 19.3. The second-order valence-corrected chi connectivity index (χ2v) is 7.78. The van der Waals surface area contributed by atoms with Crippen molar-refractivity contribution in [2.75, 3.05) is 0 Å². The summed E-state index contributed by atoms with van der Waals surface area (Å²) in [6, 6.07) is 1.39. The molecule has 0 saturated carbocycles. The third-order valence-corrected chi connectivity index (χ3v) is 3.73. The van der Waals surface area contributed by atoms with Crippen LogP contribution >= 0.6 is 0 Å². The van der Waals surface area contributed by atoms with Crippen LogP contribution in [0.1, 0.15) is 36.7 Å². The van der Waals surface area contributed by atoms with Crippen LogP contribution in [0, 0.1) is 6.92 Å². The van der Waals surface area contributed by atoms with Crippen molar-refractivity contribution >= 4 is 26.7 Å². The van der Waals surface area contributed by atoms with Crippen molar-refractivity contribution in [3.05, 3.63) is 23.3 Å². The van der Waals surface area contributed by atoms with Gasteiger partial charge in [0.15, 0.2) is 0 Å². The molecule has 23 heavy (non-hydrogen) atoms. The predicted molar refractivity (Wildman–Crippen MR) is 75.3 cm³/mol. The topological polar surface area (TPSA) is 104 Å². The number of rotatable bonds is 4. The van der Waals surface area contributed by atoms with Crippen molar-refractivity contribution in [1.29, 1.82) is 0 Å². The van der Waals surface area contributed by atoms with Crippen LogP contribution in [0.15, 0.2) is 17.0 Å². The Balaban J connectivity index is 3.55. The fourth-order valence-corrected chi connectivity index (χ4v) is 2.69. The van der Waals surface area contributed by atoms with E-state index >= 15 is 0 Å². The van der Waals surface area contributed by atoms with Crippen LogP contribution in [-0.4, -0.2) is 28.4 Å². The Morgan fingerprint density at radius 2 is 1.61 bits per heavy atom. The van der Waals surface area contributed by atoms with E-state index in [0.717, 1.165) is 13.0 Å². The standard InChI is InChI=1S/C12H14F2O7S2/c1-7-9(21-23(14,18)19)5-8(6-10(7)22(13,16)17)11(15)20-12(2,3)4/h5-6H,1-4H3. The van der Waals surface area contributed by atoms with Gasteiger partial charge >= 0.3 is 26.7 Å². The number of benzene rings is 1. The van der Waals surface area contributed by atoms with Crippen LogP contribution in [0.3, 0.4) is 0 Å². The monoisotopic (exact) mass is 372 g/mol. The fraction of sp³-hybridized carbons (Fsp3) is 0.417. The van der Waals surface area contributed by atoms with Gasteiger partial charge in [-0.3, -0.25) is 0 Å². The lowest BCUT2D eigenvalue weighted by Crippen LogP contribution is -2.24. The molecule has 1 rings (SSSR count). The Morgan fingerprint density at radius 3 is 2.00 bits per heavy atom. The SMILES string of the molecule is Cc1c(OS(=O)(=O)F)cc(C(=O)OC(C)(C)C)cc1S(=O)(=O)F. The summed E-state index contributed by atoms with van der Waals surface area (Å²) in [4.78, 5) is 10.9. The van der Waals surface area contributed by atoms with Crippen molar-refractivity contribution in [3.8, 4) is 5.75 Å². The molecule has 0 aliphatic carbocycles. The number of carbonyl (C=O) groups excluding carboxylic acids is 1. The minimum absolute atomic E-state index is 0.513. The molecule has 1 aromatic carbocycles. The molecule has 0 aliphatic heterocycles. The van der Waals surface area contributed by atoms with E-state index in [0.29, 0.717) is 6.07 Å². The summed E-state index contributed by atoms with van der Waals surface area (Å²) in [5.41, 5.74) is -1.98. The number of hydrogen-bond acceptors (Lipinski definition) is 7. The van der Waals surface area contributed by atoms with Gasteiger partial charge < -0.3 is 8.92 Å². The molecule has 0 unspecified atom stereocenters.